The maximum atomic E-state index is 5.60. The van der Waals surface area contributed by atoms with E-state index in [1.54, 1.807) is 13.4 Å². The zero-order valence-corrected chi connectivity index (χ0v) is 18.9. The van der Waals surface area contributed by atoms with E-state index in [1.807, 2.05) is 42.7 Å². The number of fused-ring (bicyclic) bond motifs is 1. The molecule has 168 valence electrons. The molecule has 1 aliphatic rings. The van der Waals surface area contributed by atoms with E-state index in [9.17, 15) is 0 Å². The lowest BCUT2D eigenvalue weighted by atomic mass is 10.0. The van der Waals surface area contributed by atoms with Gasteiger partial charge in [0.15, 0.2) is 0 Å². The number of aromatic nitrogens is 4. The normalized spacial score (nSPS) is 13.8. The number of nitrogens with one attached hydrogen (secondary N) is 1. The van der Waals surface area contributed by atoms with Gasteiger partial charge in [0, 0.05) is 54.6 Å². The van der Waals surface area contributed by atoms with Crippen LogP contribution in [-0.4, -0.2) is 46.7 Å². The molecule has 4 heterocycles. The Hall–Kier alpha value is -3.74. The summed E-state index contributed by atoms with van der Waals surface area (Å²) in [5.74, 6) is 2.70. The summed E-state index contributed by atoms with van der Waals surface area (Å²) in [6.45, 7) is 2.86. The average molecular weight is 441 g/mol. The minimum absolute atomic E-state index is 0.718. The van der Waals surface area contributed by atoms with Gasteiger partial charge in [-0.3, -0.25) is 4.98 Å². The van der Waals surface area contributed by atoms with Crippen LogP contribution in [0.1, 0.15) is 24.8 Å². The van der Waals surface area contributed by atoms with E-state index in [1.165, 1.54) is 19.3 Å². The van der Waals surface area contributed by atoms with E-state index < -0.39 is 0 Å². The molecule has 0 saturated carbocycles. The molecular weight excluding hydrogens is 412 g/mol. The highest BCUT2D eigenvalue weighted by molar-refractivity contribution is 5.84. The number of nitrogens with zero attached hydrogens (tertiary/aromatic N) is 5. The van der Waals surface area contributed by atoms with Crippen molar-refractivity contribution < 1.29 is 4.74 Å². The molecule has 0 radical (unpaired) electrons. The van der Waals surface area contributed by atoms with Gasteiger partial charge >= 0.3 is 0 Å². The van der Waals surface area contributed by atoms with Gasteiger partial charge in [-0.05, 0) is 56.0 Å². The van der Waals surface area contributed by atoms with E-state index in [2.05, 4.69) is 42.3 Å². The lowest BCUT2D eigenvalue weighted by molar-refractivity contribution is 0.411. The molecule has 1 aromatic carbocycles. The van der Waals surface area contributed by atoms with Gasteiger partial charge < -0.3 is 15.0 Å². The van der Waals surface area contributed by atoms with E-state index >= 15 is 0 Å². The second kappa shape index (κ2) is 9.81. The highest BCUT2D eigenvalue weighted by Crippen LogP contribution is 2.28. The van der Waals surface area contributed by atoms with Gasteiger partial charge in [0.2, 0.25) is 0 Å². The third-order valence-corrected chi connectivity index (χ3v) is 6.14. The first-order valence-corrected chi connectivity index (χ1v) is 11.5. The first kappa shape index (κ1) is 21.1. The smallest absolute Gasteiger partial charge is 0.129 e. The zero-order chi connectivity index (χ0) is 22.5. The van der Waals surface area contributed by atoms with Crippen LogP contribution in [0.3, 0.4) is 0 Å². The Labute approximate surface area is 193 Å². The van der Waals surface area contributed by atoms with Crippen molar-refractivity contribution in [2.75, 3.05) is 37.0 Å². The molecule has 7 nitrogen and oxygen atoms in total. The molecule has 0 unspecified atom stereocenters. The van der Waals surface area contributed by atoms with Gasteiger partial charge in [-0.15, -0.1) is 0 Å². The Balaban J connectivity index is 1.31. The first-order valence-electron chi connectivity index (χ1n) is 11.5. The van der Waals surface area contributed by atoms with Crippen molar-refractivity contribution in [3.63, 3.8) is 0 Å². The van der Waals surface area contributed by atoms with Crippen molar-refractivity contribution in [3.8, 4) is 17.0 Å². The lowest BCUT2D eigenvalue weighted by Crippen LogP contribution is -2.30. The van der Waals surface area contributed by atoms with Gasteiger partial charge in [0.25, 0.3) is 0 Å². The topological polar surface area (TPSA) is 76.1 Å². The number of piperidine rings is 1. The summed E-state index contributed by atoms with van der Waals surface area (Å²) in [4.78, 5) is 20.3. The number of hydrogen-bond acceptors (Lipinski definition) is 7. The molecule has 4 aromatic rings. The van der Waals surface area contributed by atoms with Crippen LogP contribution in [0.15, 0.2) is 61.2 Å². The van der Waals surface area contributed by atoms with Crippen LogP contribution in [0, 0.1) is 0 Å². The molecule has 0 bridgehead atoms. The second-order valence-corrected chi connectivity index (χ2v) is 8.23. The van der Waals surface area contributed by atoms with Crippen molar-refractivity contribution in [2.24, 2.45) is 0 Å². The molecule has 1 aliphatic heterocycles. The third-order valence-electron chi connectivity index (χ3n) is 6.14. The average Bonchev–Trinajstić information content (AvgIpc) is 2.89. The van der Waals surface area contributed by atoms with Gasteiger partial charge in [-0.2, -0.15) is 0 Å². The Morgan fingerprint density at radius 3 is 2.73 bits per heavy atom. The summed E-state index contributed by atoms with van der Waals surface area (Å²) < 4.78 is 5.60. The number of anilines is 2. The minimum atomic E-state index is 0.718. The number of hydrogen-bond donors (Lipinski definition) is 1. The summed E-state index contributed by atoms with van der Waals surface area (Å²) in [5, 5.41) is 4.56. The molecular formula is C26H28N6O. The van der Waals surface area contributed by atoms with Crippen molar-refractivity contribution in [2.45, 2.75) is 25.7 Å². The molecule has 5 rings (SSSR count). The fraction of sp³-hybridized carbons (Fsp3) is 0.308. The molecule has 0 atom stereocenters. The van der Waals surface area contributed by atoms with Crippen LogP contribution in [0.2, 0.25) is 0 Å². The first-order chi connectivity index (χ1) is 16.3. The maximum Gasteiger partial charge on any atom is 0.129 e. The molecule has 7 heteroatoms. The van der Waals surface area contributed by atoms with Crippen LogP contribution in [0.5, 0.6) is 5.75 Å². The Bertz CT molecular complexity index is 1240. The SMILES string of the molecule is COc1ccc2ncccc2c1CCNc1cc(-c2ccnc(N3CCCCC3)c2)ncn1. The van der Waals surface area contributed by atoms with Crippen LogP contribution in [0.4, 0.5) is 11.6 Å². The monoisotopic (exact) mass is 440 g/mol. The number of pyridine rings is 2. The van der Waals surface area contributed by atoms with E-state index in [0.717, 1.165) is 71.2 Å². The molecule has 0 amide bonds. The van der Waals surface area contributed by atoms with Crippen molar-refractivity contribution in [1.82, 2.24) is 19.9 Å². The Kier molecular flexibility index (Phi) is 6.28. The number of benzene rings is 1. The Morgan fingerprint density at radius 2 is 1.85 bits per heavy atom. The molecule has 0 aliphatic carbocycles. The largest absolute Gasteiger partial charge is 0.496 e. The van der Waals surface area contributed by atoms with Gasteiger partial charge in [-0.25, -0.2) is 15.0 Å². The maximum absolute atomic E-state index is 5.60. The van der Waals surface area contributed by atoms with Crippen LogP contribution in [0.25, 0.3) is 22.2 Å². The van der Waals surface area contributed by atoms with Crippen LogP contribution >= 0.6 is 0 Å². The lowest BCUT2D eigenvalue weighted by Gasteiger charge is -2.27. The van der Waals surface area contributed by atoms with Crippen LogP contribution < -0.4 is 15.0 Å². The molecule has 1 fully saturated rings. The van der Waals surface area contributed by atoms with E-state index in [4.69, 9.17) is 4.74 Å². The summed E-state index contributed by atoms with van der Waals surface area (Å²) in [5.41, 5.74) is 4.06. The molecule has 33 heavy (non-hydrogen) atoms. The number of ether oxygens (including phenoxy) is 1. The number of rotatable bonds is 7. The van der Waals surface area contributed by atoms with Gasteiger partial charge in [-0.1, -0.05) is 6.07 Å². The Morgan fingerprint density at radius 1 is 0.939 bits per heavy atom. The second-order valence-electron chi connectivity index (χ2n) is 8.23. The quantitative estimate of drug-likeness (QED) is 0.445. The van der Waals surface area contributed by atoms with Gasteiger partial charge in [0.1, 0.15) is 23.7 Å². The zero-order valence-electron chi connectivity index (χ0n) is 18.9. The van der Waals surface area contributed by atoms with Gasteiger partial charge in [0.05, 0.1) is 18.3 Å². The summed E-state index contributed by atoms with van der Waals surface area (Å²) in [6.07, 6.45) is 9.85. The predicted octanol–water partition coefficient (Wildman–Crippen LogP) is 4.74. The van der Waals surface area contributed by atoms with E-state index in [-0.39, 0.29) is 0 Å². The molecule has 1 saturated heterocycles. The van der Waals surface area contributed by atoms with Crippen molar-refractivity contribution in [1.29, 1.82) is 0 Å². The summed E-state index contributed by atoms with van der Waals surface area (Å²) in [7, 11) is 1.71. The summed E-state index contributed by atoms with van der Waals surface area (Å²) >= 11 is 0. The standard InChI is InChI=1S/C26H28N6O/c1-33-24-8-7-22-20(6-5-11-27-22)21(24)10-13-28-25-17-23(30-18-31-25)19-9-12-29-26(16-19)32-14-3-2-4-15-32/h5-9,11-12,16-18H,2-4,10,13-15H2,1H3,(H,28,30,31). The molecule has 0 spiro atoms. The van der Waals surface area contributed by atoms with E-state index in [0.29, 0.717) is 0 Å². The molecule has 3 aromatic heterocycles. The number of methoxy groups -OCH3 is 1. The minimum Gasteiger partial charge on any atom is -0.496 e. The third kappa shape index (κ3) is 4.72. The summed E-state index contributed by atoms with van der Waals surface area (Å²) in [6, 6.07) is 14.2. The fourth-order valence-electron chi connectivity index (χ4n) is 4.44. The predicted molar refractivity (Wildman–Crippen MR) is 132 cm³/mol. The molecule has 1 N–H and O–H groups in total. The fourth-order valence-corrected chi connectivity index (χ4v) is 4.44. The highest BCUT2D eigenvalue weighted by Gasteiger charge is 2.13. The highest BCUT2D eigenvalue weighted by atomic mass is 16.5. The van der Waals surface area contributed by atoms with Crippen molar-refractivity contribution in [3.05, 3.63) is 66.7 Å². The van der Waals surface area contributed by atoms with Crippen LogP contribution in [-0.2, 0) is 6.42 Å². The van der Waals surface area contributed by atoms with Crippen molar-refractivity contribution >= 4 is 22.5 Å².